The summed E-state index contributed by atoms with van der Waals surface area (Å²) >= 11 is 0. The fraction of sp³-hybridized carbons (Fsp3) is 0.316. The van der Waals surface area contributed by atoms with Crippen LogP contribution in [0.3, 0.4) is 0 Å². The minimum atomic E-state index is -1.05. The Morgan fingerprint density at radius 3 is 2.70 bits per heavy atom. The monoisotopic (exact) mass is 371 g/mol. The summed E-state index contributed by atoms with van der Waals surface area (Å²) in [4.78, 5) is 25.4. The van der Waals surface area contributed by atoms with Crippen molar-refractivity contribution in [2.45, 2.75) is 12.8 Å². The number of aromatic nitrogens is 2. The molecule has 1 N–H and O–H groups in total. The van der Waals surface area contributed by atoms with E-state index in [2.05, 4.69) is 5.10 Å². The summed E-state index contributed by atoms with van der Waals surface area (Å²) < 4.78 is 20.0. The van der Waals surface area contributed by atoms with Crippen LogP contribution in [0.2, 0.25) is 0 Å². The van der Waals surface area contributed by atoms with Crippen molar-refractivity contribution in [3.05, 3.63) is 53.1 Å². The first-order valence-electron chi connectivity index (χ1n) is 8.55. The van der Waals surface area contributed by atoms with E-state index in [0.717, 1.165) is 16.8 Å². The van der Waals surface area contributed by atoms with Crippen molar-refractivity contribution in [1.29, 1.82) is 0 Å². The molecule has 1 fully saturated rings. The van der Waals surface area contributed by atoms with E-state index in [4.69, 9.17) is 4.74 Å². The molecule has 1 aliphatic carbocycles. The van der Waals surface area contributed by atoms with E-state index < -0.39 is 17.5 Å². The number of rotatable bonds is 2. The first-order valence-corrected chi connectivity index (χ1v) is 8.55. The van der Waals surface area contributed by atoms with Gasteiger partial charge in [-0.1, -0.05) is 0 Å². The van der Waals surface area contributed by atoms with E-state index in [1.807, 2.05) is 6.08 Å². The highest BCUT2D eigenvalue weighted by molar-refractivity contribution is 5.86. The summed E-state index contributed by atoms with van der Waals surface area (Å²) in [7, 11) is 1.31. The summed E-state index contributed by atoms with van der Waals surface area (Å²) in [6.07, 6.45) is 3.26. The van der Waals surface area contributed by atoms with Gasteiger partial charge < -0.3 is 14.7 Å². The second-order valence-corrected chi connectivity index (χ2v) is 6.82. The van der Waals surface area contributed by atoms with Crippen molar-refractivity contribution in [2.75, 3.05) is 20.2 Å². The Balaban J connectivity index is 1.79. The second-order valence-electron chi connectivity index (χ2n) is 6.82. The molecule has 1 aromatic heterocycles. The molecule has 0 radical (unpaired) electrons. The fourth-order valence-corrected chi connectivity index (χ4v) is 3.97. The zero-order valence-electron chi connectivity index (χ0n) is 14.7. The van der Waals surface area contributed by atoms with Gasteiger partial charge in [0.1, 0.15) is 11.2 Å². The number of carboxylic acid groups (broad SMARTS) is 1. The third kappa shape index (κ3) is 2.68. The number of esters is 1. The van der Waals surface area contributed by atoms with Gasteiger partial charge in [0.2, 0.25) is 0 Å². The summed E-state index contributed by atoms with van der Waals surface area (Å²) in [5, 5.41) is 13.8. The molecule has 2 heterocycles. The van der Waals surface area contributed by atoms with Gasteiger partial charge in [0.25, 0.3) is 0 Å². The lowest BCUT2D eigenvalue weighted by molar-refractivity contribution is -0.152. The molecule has 8 heteroatoms. The normalized spacial score (nSPS) is 21.1. The number of carbonyl (C=O) groups is 2. The molecule has 1 aromatic carbocycles. The van der Waals surface area contributed by atoms with Crippen LogP contribution in [0.5, 0.6) is 0 Å². The molecule has 1 aliphatic heterocycles. The van der Waals surface area contributed by atoms with Crippen molar-refractivity contribution < 1.29 is 23.8 Å². The van der Waals surface area contributed by atoms with Crippen molar-refractivity contribution in [3.8, 4) is 5.69 Å². The number of halogens is 1. The van der Waals surface area contributed by atoms with Gasteiger partial charge in [-0.25, -0.2) is 13.9 Å². The van der Waals surface area contributed by atoms with Gasteiger partial charge in [-0.2, -0.15) is 5.10 Å². The Kier molecular flexibility index (Phi) is 3.98. The van der Waals surface area contributed by atoms with Crippen LogP contribution in [0, 0.1) is 11.2 Å². The van der Waals surface area contributed by atoms with Crippen molar-refractivity contribution >= 4 is 18.1 Å². The third-order valence-corrected chi connectivity index (χ3v) is 5.33. The second kappa shape index (κ2) is 6.22. The lowest BCUT2D eigenvalue weighted by Gasteiger charge is -2.43. The van der Waals surface area contributed by atoms with Crippen LogP contribution in [0.4, 0.5) is 9.18 Å². The topological polar surface area (TPSA) is 84.7 Å². The molecule has 27 heavy (non-hydrogen) atoms. The maximum absolute atomic E-state index is 13.2. The zero-order valence-corrected chi connectivity index (χ0v) is 14.7. The SMILES string of the molecule is COC(=O)C12Cc3cnn(-c4ccc(F)cc4)c3C=C1CCN(C(=O)O)C2. The highest BCUT2D eigenvalue weighted by atomic mass is 19.1. The van der Waals surface area contributed by atoms with E-state index in [9.17, 15) is 19.1 Å². The molecule has 0 saturated carbocycles. The molecular formula is C19H18FN3O4. The molecule has 1 atom stereocenters. The van der Waals surface area contributed by atoms with E-state index in [1.54, 1.807) is 23.0 Å². The third-order valence-electron chi connectivity index (χ3n) is 5.33. The first-order chi connectivity index (χ1) is 12.9. The number of ether oxygens (including phenoxy) is 1. The van der Waals surface area contributed by atoms with Gasteiger partial charge in [0.15, 0.2) is 0 Å². The molecule has 0 bridgehead atoms. The van der Waals surface area contributed by atoms with Crippen LogP contribution in [0.15, 0.2) is 36.0 Å². The van der Waals surface area contributed by atoms with Crippen LogP contribution in [-0.4, -0.2) is 52.0 Å². The molecule has 4 rings (SSSR count). The average Bonchev–Trinajstić information content (AvgIpc) is 3.07. The Labute approximate surface area is 154 Å². The molecule has 140 valence electrons. The quantitative estimate of drug-likeness (QED) is 0.820. The predicted octanol–water partition coefficient (Wildman–Crippen LogP) is 2.49. The van der Waals surface area contributed by atoms with Crippen LogP contribution in [0.1, 0.15) is 17.7 Å². The van der Waals surface area contributed by atoms with Crippen LogP contribution < -0.4 is 0 Å². The summed E-state index contributed by atoms with van der Waals surface area (Å²) in [5.41, 5.74) is 2.15. The van der Waals surface area contributed by atoms with Gasteiger partial charge in [0, 0.05) is 13.1 Å². The van der Waals surface area contributed by atoms with E-state index in [-0.39, 0.29) is 12.4 Å². The summed E-state index contributed by atoms with van der Waals surface area (Å²) in [6.45, 7) is 0.377. The smallest absolute Gasteiger partial charge is 0.407 e. The summed E-state index contributed by atoms with van der Waals surface area (Å²) in [5.74, 6) is -0.774. The minimum absolute atomic E-state index is 0.0575. The lowest BCUT2D eigenvalue weighted by atomic mass is 9.68. The number of piperidine rings is 1. The Morgan fingerprint density at radius 1 is 1.30 bits per heavy atom. The van der Waals surface area contributed by atoms with Crippen LogP contribution >= 0.6 is 0 Å². The molecule has 1 amide bonds. The average molecular weight is 371 g/mol. The number of benzene rings is 1. The highest BCUT2D eigenvalue weighted by Crippen LogP contribution is 2.45. The molecule has 7 nitrogen and oxygen atoms in total. The molecule has 2 aromatic rings. The largest absolute Gasteiger partial charge is 0.468 e. The molecule has 1 unspecified atom stereocenters. The maximum Gasteiger partial charge on any atom is 0.407 e. The van der Waals surface area contributed by atoms with Crippen LogP contribution in [0.25, 0.3) is 11.8 Å². The van der Waals surface area contributed by atoms with Crippen molar-refractivity contribution in [3.63, 3.8) is 0 Å². The van der Waals surface area contributed by atoms with E-state index >= 15 is 0 Å². The Bertz CT molecular complexity index is 950. The van der Waals surface area contributed by atoms with Gasteiger partial charge >= 0.3 is 12.1 Å². The number of hydrogen-bond acceptors (Lipinski definition) is 4. The Hall–Kier alpha value is -3.16. The number of carbonyl (C=O) groups excluding carboxylic acids is 1. The number of amides is 1. The van der Waals surface area contributed by atoms with Gasteiger partial charge in [-0.05, 0) is 54.3 Å². The number of fused-ring (bicyclic) bond motifs is 2. The van der Waals surface area contributed by atoms with E-state index in [0.29, 0.717) is 25.1 Å². The zero-order chi connectivity index (χ0) is 19.2. The van der Waals surface area contributed by atoms with Gasteiger partial charge in [-0.15, -0.1) is 0 Å². The number of methoxy groups -OCH3 is 1. The molecule has 1 saturated heterocycles. The lowest BCUT2D eigenvalue weighted by Crippen LogP contribution is -2.53. The molecule has 2 aliphatic rings. The highest BCUT2D eigenvalue weighted by Gasteiger charge is 2.50. The predicted molar refractivity (Wildman–Crippen MR) is 93.9 cm³/mol. The number of likely N-dealkylation sites (tertiary alicyclic amines) is 1. The van der Waals surface area contributed by atoms with Crippen LogP contribution in [-0.2, 0) is 16.0 Å². The van der Waals surface area contributed by atoms with Crippen molar-refractivity contribution in [1.82, 2.24) is 14.7 Å². The van der Waals surface area contributed by atoms with Gasteiger partial charge in [0.05, 0.1) is 24.7 Å². The fourth-order valence-electron chi connectivity index (χ4n) is 3.97. The van der Waals surface area contributed by atoms with E-state index in [1.165, 1.54) is 24.1 Å². The summed E-state index contributed by atoms with van der Waals surface area (Å²) in [6, 6.07) is 6.00. The standard InChI is InChI=1S/C19H18FN3O4/c1-27-17(24)19-9-12-10-21-23(15-4-2-14(20)3-5-15)16(12)8-13(19)6-7-22(11-19)18(25)26/h2-5,8,10H,6-7,9,11H2,1H3,(H,25,26). The number of hydrogen-bond donors (Lipinski definition) is 1. The maximum atomic E-state index is 13.2. The Morgan fingerprint density at radius 2 is 2.04 bits per heavy atom. The molecule has 0 spiro atoms. The number of nitrogens with zero attached hydrogens (tertiary/aromatic N) is 3. The van der Waals surface area contributed by atoms with Gasteiger partial charge in [-0.3, -0.25) is 4.79 Å². The minimum Gasteiger partial charge on any atom is -0.468 e. The first kappa shape index (κ1) is 17.3. The van der Waals surface area contributed by atoms with Crippen molar-refractivity contribution in [2.24, 2.45) is 5.41 Å². The molecular weight excluding hydrogens is 353 g/mol.